The van der Waals surface area contributed by atoms with Crippen molar-refractivity contribution in [2.75, 3.05) is 6.54 Å². The highest BCUT2D eigenvalue weighted by molar-refractivity contribution is 5.97. The minimum Gasteiger partial charge on any atom is -0.347 e. The van der Waals surface area contributed by atoms with Crippen LogP contribution in [0.1, 0.15) is 46.0 Å². The molecule has 2 amide bonds. The fraction of sp³-hybridized carbons (Fsp3) is 0.450. The van der Waals surface area contributed by atoms with E-state index in [-0.39, 0.29) is 23.9 Å². The lowest BCUT2D eigenvalue weighted by Gasteiger charge is -2.21. The van der Waals surface area contributed by atoms with E-state index in [1.807, 2.05) is 44.7 Å². The number of hydrogen-bond donors (Lipinski definition) is 2. The summed E-state index contributed by atoms with van der Waals surface area (Å²) in [4.78, 5) is 27.2. The zero-order valence-electron chi connectivity index (χ0n) is 15.8. The van der Waals surface area contributed by atoms with E-state index in [9.17, 15) is 9.59 Å². The first-order valence-electron chi connectivity index (χ1n) is 9.01. The molecule has 1 aliphatic rings. The van der Waals surface area contributed by atoms with E-state index in [1.54, 1.807) is 12.4 Å². The molecule has 138 valence electrons. The predicted molar refractivity (Wildman–Crippen MR) is 100.0 cm³/mol. The van der Waals surface area contributed by atoms with Crippen molar-refractivity contribution in [2.24, 2.45) is 0 Å². The Balaban J connectivity index is 1.66. The van der Waals surface area contributed by atoms with Gasteiger partial charge in [-0.15, -0.1) is 0 Å². The molecule has 1 aromatic heterocycles. The molecule has 6 heteroatoms. The molecule has 0 radical (unpaired) electrons. The van der Waals surface area contributed by atoms with Crippen molar-refractivity contribution in [1.29, 1.82) is 0 Å². The van der Waals surface area contributed by atoms with Gasteiger partial charge in [-0.25, -0.2) is 0 Å². The number of hydrogen-bond acceptors (Lipinski definition) is 3. The second-order valence-corrected chi connectivity index (χ2v) is 7.28. The third kappa shape index (κ3) is 3.64. The molecule has 1 aliphatic heterocycles. The van der Waals surface area contributed by atoms with E-state index in [1.165, 1.54) is 0 Å². The summed E-state index contributed by atoms with van der Waals surface area (Å²) in [5.74, 6) is 0.0172. The van der Waals surface area contributed by atoms with Crippen LogP contribution in [0, 0.1) is 20.8 Å². The van der Waals surface area contributed by atoms with Crippen LogP contribution in [0.2, 0.25) is 0 Å². The molecular formula is C20H26N4O2. The standard InChI is InChI=1S/C20H26N4O2/c1-12-5-6-13(2)19(15(12)4)20(26)23-17-7-14(3)24(11-17)18(25)8-16-9-21-22-10-16/h5-6,9-10,14,17H,7-8,11H2,1-4H3,(H,21,22)(H,23,26). The van der Waals surface area contributed by atoms with E-state index in [2.05, 4.69) is 15.5 Å². The summed E-state index contributed by atoms with van der Waals surface area (Å²) in [5.41, 5.74) is 4.73. The SMILES string of the molecule is Cc1ccc(C)c(C(=O)NC2CC(C)N(C(=O)Cc3cn[nH]c3)C2)c1C. The van der Waals surface area contributed by atoms with Crippen molar-refractivity contribution in [1.82, 2.24) is 20.4 Å². The van der Waals surface area contributed by atoms with E-state index in [0.29, 0.717) is 13.0 Å². The summed E-state index contributed by atoms with van der Waals surface area (Å²) >= 11 is 0. The van der Waals surface area contributed by atoms with Crippen molar-refractivity contribution >= 4 is 11.8 Å². The van der Waals surface area contributed by atoms with Crippen LogP contribution in [0.25, 0.3) is 0 Å². The summed E-state index contributed by atoms with van der Waals surface area (Å²) < 4.78 is 0. The maximum atomic E-state index is 12.8. The second-order valence-electron chi connectivity index (χ2n) is 7.28. The maximum absolute atomic E-state index is 12.8. The zero-order valence-corrected chi connectivity index (χ0v) is 15.8. The smallest absolute Gasteiger partial charge is 0.252 e. The largest absolute Gasteiger partial charge is 0.347 e. The first kappa shape index (κ1) is 18.2. The first-order valence-corrected chi connectivity index (χ1v) is 9.01. The second kappa shape index (κ2) is 7.32. The molecule has 3 rings (SSSR count). The molecule has 1 fully saturated rings. The van der Waals surface area contributed by atoms with Gasteiger partial charge in [0.05, 0.1) is 12.6 Å². The maximum Gasteiger partial charge on any atom is 0.252 e. The molecule has 6 nitrogen and oxygen atoms in total. The van der Waals surface area contributed by atoms with Crippen molar-refractivity contribution in [3.63, 3.8) is 0 Å². The summed E-state index contributed by atoms with van der Waals surface area (Å²) in [5, 5.41) is 9.73. The minimum atomic E-state index is -0.0509. The quantitative estimate of drug-likeness (QED) is 0.884. The van der Waals surface area contributed by atoms with Gasteiger partial charge in [-0.1, -0.05) is 12.1 Å². The predicted octanol–water partition coefficient (Wildman–Crippen LogP) is 2.30. The number of aromatic nitrogens is 2. The van der Waals surface area contributed by atoms with Gasteiger partial charge < -0.3 is 10.2 Å². The number of rotatable bonds is 4. The number of carbonyl (C=O) groups is 2. The van der Waals surface area contributed by atoms with Gasteiger partial charge in [-0.3, -0.25) is 14.7 Å². The molecule has 0 aliphatic carbocycles. The molecule has 26 heavy (non-hydrogen) atoms. The number of H-pyrrole nitrogens is 1. The van der Waals surface area contributed by atoms with Crippen LogP contribution in [0.3, 0.4) is 0 Å². The van der Waals surface area contributed by atoms with Gasteiger partial charge in [0.2, 0.25) is 5.91 Å². The molecular weight excluding hydrogens is 328 g/mol. The molecule has 2 aromatic rings. The number of nitrogens with zero attached hydrogens (tertiary/aromatic N) is 2. The van der Waals surface area contributed by atoms with Crippen LogP contribution >= 0.6 is 0 Å². The van der Waals surface area contributed by atoms with E-state index < -0.39 is 0 Å². The Morgan fingerprint density at radius 1 is 1.27 bits per heavy atom. The Labute approximate surface area is 154 Å². The Hall–Kier alpha value is -2.63. The van der Waals surface area contributed by atoms with Gasteiger partial charge in [0.1, 0.15) is 0 Å². The topological polar surface area (TPSA) is 78.1 Å². The van der Waals surface area contributed by atoms with Crippen LogP contribution in [0.4, 0.5) is 0 Å². The molecule has 0 spiro atoms. The van der Waals surface area contributed by atoms with Crippen molar-refractivity contribution in [2.45, 2.75) is 52.6 Å². The average molecular weight is 354 g/mol. The normalized spacial score (nSPS) is 19.6. The molecule has 2 N–H and O–H groups in total. The summed E-state index contributed by atoms with van der Waals surface area (Å²) in [6.07, 6.45) is 4.51. The van der Waals surface area contributed by atoms with Crippen molar-refractivity contribution in [3.05, 3.63) is 52.3 Å². The van der Waals surface area contributed by atoms with E-state index in [0.717, 1.165) is 34.2 Å². The van der Waals surface area contributed by atoms with Crippen LogP contribution in [-0.2, 0) is 11.2 Å². The van der Waals surface area contributed by atoms with Gasteiger partial charge in [0.15, 0.2) is 0 Å². The third-order valence-corrected chi connectivity index (χ3v) is 5.31. The minimum absolute atomic E-state index is 0.0230. The summed E-state index contributed by atoms with van der Waals surface area (Å²) in [7, 11) is 0. The molecule has 2 heterocycles. The number of aromatic amines is 1. The van der Waals surface area contributed by atoms with Crippen molar-refractivity contribution in [3.8, 4) is 0 Å². The number of benzene rings is 1. The lowest BCUT2D eigenvalue weighted by molar-refractivity contribution is -0.131. The van der Waals surface area contributed by atoms with Gasteiger partial charge in [-0.05, 0) is 56.4 Å². The van der Waals surface area contributed by atoms with E-state index >= 15 is 0 Å². The van der Waals surface area contributed by atoms with Crippen molar-refractivity contribution < 1.29 is 9.59 Å². The van der Waals surface area contributed by atoms with Crippen LogP contribution in [-0.4, -0.2) is 45.5 Å². The lowest BCUT2D eigenvalue weighted by atomic mass is 9.97. The molecule has 2 atom stereocenters. The zero-order chi connectivity index (χ0) is 18.8. The number of likely N-dealkylation sites (tertiary alicyclic amines) is 1. The Kier molecular flexibility index (Phi) is 5.11. The van der Waals surface area contributed by atoms with Crippen LogP contribution in [0.5, 0.6) is 0 Å². The Bertz CT molecular complexity index is 813. The fourth-order valence-corrected chi connectivity index (χ4v) is 3.69. The Morgan fingerprint density at radius 2 is 2.00 bits per heavy atom. The summed E-state index contributed by atoms with van der Waals surface area (Å²) in [6.45, 7) is 8.53. The number of nitrogens with one attached hydrogen (secondary N) is 2. The number of amides is 2. The summed E-state index contributed by atoms with van der Waals surface area (Å²) in [6, 6.07) is 4.11. The molecule has 0 bridgehead atoms. The van der Waals surface area contributed by atoms with Gasteiger partial charge in [0, 0.05) is 30.4 Å². The van der Waals surface area contributed by atoms with Gasteiger partial charge in [-0.2, -0.15) is 5.10 Å². The van der Waals surface area contributed by atoms with Gasteiger partial charge >= 0.3 is 0 Å². The van der Waals surface area contributed by atoms with E-state index in [4.69, 9.17) is 0 Å². The number of carbonyl (C=O) groups excluding carboxylic acids is 2. The lowest BCUT2D eigenvalue weighted by Crippen LogP contribution is -2.40. The monoisotopic (exact) mass is 354 g/mol. The average Bonchev–Trinajstić information content (AvgIpc) is 3.21. The third-order valence-electron chi connectivity index (χ3n) is 5.31. The fourth-order valence-electron chi connectivity index (χ4n) is 3.69. The highest BCUT2D eigenvalue weighted by atomic mass is 16.2. The Morgan fingerprint density at radius 3 is 2.69 bits per heavy atom. The van der Waals surface area contributed by atoms with Gasteiger partial charge in [0.25, 0.3) is 5.91 Å². The molecule has 2 unspecified atom stereocenters. The molecule has 1 aromatic carbocycles. The van der Waals surface area contributed by atoms with Crippen LogP contribution < -0.4 is 5.32 Å². The highest BCUT2D eigenvalue weighted by Crippen LogP contribution is 2.21. The molecule has 1 saturated heterocycles. The molecule has 0 saturated carbocycles. The van der Waals surface area contributed by atoms with Crippen LogP contribution in [0.15, 0.2) is 24.5 Å². The highest BCUT2D eigenvalue weighted by Gasteiger charge is 2.33. The first-order chi connectivity index (χ1) is 12.4. The number of aryl methyl sites for hydroxylation is 2.